The summed E-state index contributed by atoms with van der Waals surface area (Å²) in [6.45, 7) is 6.76. The third-order valence-corrected chi connectivity index (χ3v) is 5.23. The van der Waals surface area contributed by atoms with E-state index in [-0.39, 0.29) is 31.8 Å². The average Bonchev–Trinajstić information content (AvgIpc) is 2.82. The summed E-state index contributed by atoms with van der Waals surface area (Å²) in [5.74, 6) is -6.27. The van der Waals surface area contributed by atoms with E-state index < -0.39 is 53.0 Å². The standard InChI is InChI=1S/C25H32F2O8/c1-6-25(5,23(31)35-14-12-32-17(2)28)16-24(3,4)22(30)34-15-13-33-21(29)20(27)19(26)18-10-8-7-9-11-18/h7-11H,6,12-16H2,1-5H3/b20-19+. The summed E-state index contributed by atoms with van der Waals surface area (Å²) < 4.78 is 47.6. The lowest BCUT2D eigenvalue weighted by atomic mass is 9.72. The maximum atomic E-state index is 14.0. The largest absolute Gasteiger partial charge is 0.462 e. The second-order valence-corrected chi connectivity index (χ2v) is 8.72. The molecule has 1 aromatic carbocycles. The zero-order chi connectivity index (χ0) is 26.6. The third-order valence-electron chi connectivity index (χ3n) is 5.23. The molecule has 0 spiro atoms. The summed E-state index contributed by atoms with van der Waals surface area (Å²) in [6, 6.07) is 7.18. The van der Waals surface area contributed by atoms with Gasteiger partial charge >= 0.3 is 23.9 Å². The van der Waals surface area contributed by atoms with Gasteiger partial charge in [-0.2, -0.15) is 4.39 Å². The van der Waals surface area contributed by atoms with E-state index in [4.69, 9.17) is 14.2 Å². The van der Waals surface area contributed by atoms with Gasteiger partial charge in [0.1, 0.15) is 26.4 Å². The summed E-state index contributed by atoms with van der Waals surface area (Å²) in [5.41, 5.74) is -2.25. The zero-order valence-corrected chi connectivity index (χ0v) is 20.7. The lowest BCUT2D eigenvalue weighted by molar-refractivity contribution is -0.166. The maximum Gasteiger partial charge on any atom is 0.370 e. The molecule has 10 heteroatoms. The molecule has 0 saturated heterocycles. The van der Waals surface area contributed by atoms with Crippen molar-refractivity contribution in [3.05, 3.63) is 41.7 Å². The van der Waals surface area contributed by atoms with Crippen molar-refractivity contribution in [2.45, 2.75) is 47.5 Å². The molecule has 0 N–H and O–H groups in total. The van der Waals surface area contributed by atoms with Crippen LogP contribution in [0.2, 0.25) is 0 Å². The number of halogens is 2. The first kappa shape index (κ1) is 29.7. The van der Waals surface area contributed by atoms with Gasteiger partial charge in [-0.3, -0.25) is 14.4 Å². The van der Waals surface area contributed by atoms with Crippen LogP contribution in [0, 0.1) is 10.8 Å². The average molecular weight is 499 g/mol. The SMILES string of the molecule is CCC(C)(CC(C)(C)C(=O)OCCOC(=O)/C(F)=C(\F)c1ccccc1)C(=O)OCCOC(C)=O. The molecular formula is C25H32F2O8. The molecule has 1 unspecified atom stereocenters. The van der Waals surface area contributed by atoms with Crippen LogP contribution < -0.4 is 0 Å². The van der Waals surface area contributed by atoms with Gasteiger partial charge in [0, 0.05) is 12.5 Å². The Bertz CT molecular complexity index is 927. The van der Waals surface area contributed by atoms with Crippen LogP contribution in [0.1, 0.15) is 53.0 Å². The molecule has 0 radical (unpaired) electrons. The Balaban J connectivity index is 2.58. The molecular weight excluding hydrogens is 466 g/mol. The van der Waals surface area contributed by atoms with Crippen molar-refractivity contribution >= 4 is 29.7 Å². The van der Waals surface area contributed by atoms with Gasteiger partial charge in [-0.15, -0.1) is 0 Å². The lowest BCUT2D eigenvalue weighted by Gasteiger charge is -2.33. The number of ether oxygens (including phenoxy) is 4. The minimum atomic E-state index is -1.69. The van der Waals surface area contributed by atoms with E-state index in [1.807, 2.05) is 0 Å². The van der Waals surface area contributed by atoms with Crippen molar-refractivity contribution in [2.75, 3.05) is 26.4 Å². The molecule has 0 aromatic heterocycles. The Kier molecular flexibility index (Phi) is 11.5. The van der Waals surface area contributed by atoms with Crippen molar-refractivity contribution in [3.63, 3.8) is 0 Å². The quantitative estimate of drug-likeness (QED) is 0.171. The molecule has 0 fully saturated rings. The normalized spacial score (nSPS) is 13.7. The smallest absolute Gasteiger partial charge is 0.370 e. The zero-order valence-electron chi connectivity index (χ0n) is 20.7. The van der Waals surface area contributed by atoms with Gasteiger partial charge < -0.3 is 18.9 Å². The molecule has 0 aliphatic rings. The predicted octanol–water partition coefficient (Wildman–Crippen LogP) is 4.32. The van der Waals surface area contributed by atoms with Gasteiger partial charge in [0.2, 0.25) is 5.83 Å². The predicted molar refractivity (Wildman–Crippen MR) is 122 cm³/mol. The van der Waals surface area contributed by atoms with E-state index in [1.54, 1.807) is 33.8 Å². The van der Waals surface area contributed by atoms with Crippen molar-refractivity contribution in [1.82, 2.24) is 0 Å². The molecule has 1 atom stereocenters. The number of rotatable bonds is 13. The molecule has 8 nitrogen and oxygen atoms in total. The fourth-order valence-corrected chi connectivity index (χ4v) is 3.21. The highest BCUT2D eigenvalue weighted by Gasteiger charge is 2.43. The second kappa shape index (κ2) is 13.6. The van der Waals surface area contributed by atoms with Crippen LogP contribution >= 0.6 is 0 Å². The highest BCUT2D eigenvalue weighted by atomic mass is 19.2. The van der Waals surface area contributed by atoms with Crippen LogP contribution in [0.5, 0.6) is 0 Å². The molecule has 0 bridgehead atoms. The summed E-state index contributed by atoms with van der Waals surface area (Å²) in [4.78, 5) is 47.7. The van der Waals surface area contributed by atoms with Gasteiger partial charge in [-0.1, -0.05) is 37.3 Å². The first-order valence-electron chi connectivity index (χ1n) is 11.1. The summed E-state index contributed by atoms with van der Waals surface area (Å²) in [5, 5.41) is 0. The molecule has 194 valence electrons. The number of hydrogen-bond donors (Lipinski definition) is 0. The molecule has 35 heavy (non-hydrogen) atoms. The van der Waals surface area contributed by atoms with E-state index in [2.05, 4.69) is 4.74 Å². The van der Waals surface area contributed by atoms with Gasteiger partial charge in [0.25, 0.3) is 0 Å². The van der Waals surface area contributed by atoms with Gasteiger partial charge in [0.05, 0.1) is 10.8 Å². The Hall–Kier alpha value is -3.30. The fourth-order valence-electron chi connectivity index (χ4n) is 3.21. The second-order valence-electron chi connectivity index (χ2n) is 8.72. The molecule has 0 saturated carbocycles. The lowest BCUT2D eigenvalue weighted by Crippen LogP contribution is -2.39. The number of carbonyl (C=O) groups excluding carboxylic acids is 4. The Morgan fingerprint density at radius 3 is 1.86 bits per heavy atom. The maximum absolute atomic E-state index is 14.0. The monoisotopic (exact) mass is 498 g/mol. The van der Waals surface area contributed by atoms with Crippen molar-refractivity contribution in [2.24, 2.45) is 10.8 Å². The Labute approximate surface area is 203 Å². The summed E-state index contributed by atoms with van der Waals surface area (Å²) in [7, 11) is 0. The minimum Gasteiger partial charge on any atom is -0.462 e. The van der Waals surface area contributed by atoms with Crippen molar-refractivity contribution < 1.29 is 46.9 Å². The first-order valence-corrected chi connectivity index (χ1v) is 11.1. The number of carbonyl (C=O) groups is 4. The molecule has 0 aliphatic heterocycles. The molecule has 0 aliphatic carbocycles. The summed E-state index contributed by atoms with van der Waals surface area (Å²) >= 11 is 0. The van der Waals surface area contributed by atoms with E-state index in [1.165, 1.54) is 31.2 Å². The minimum absolute atomic E-state index is 0.0734. The van der Waals surface area contributed by atoms with Gasteiger partial charge in [0.15, 0.2) is 5.83 Å². The number of esters is 4. The highest BCUT2D eigenvalue weighted by molar-refractivity contribution is 5.93. The van der Waals surface area contributed by atoms with Crippen LogP contribution in [0.3, 0.4) is 0 Å². The molecule has 1 rings (SSSR count). The van der Waals surface area contributed by atoms with Crippen LogP contribution in [-0.2, 0) is 38.1 Å². The Morgan fingerprint density at radius 2 is 1.31 bits per heavy atom. The third kappa shape index (κ3) is 9.46. The van der Waals surface area contributed by atoms with E-state index in [9.17, 15) is 28.0 Å². The molecule has 0 heterocycles. The molecule has 1 aromatic rings. The van der Waals surface area contributed by atoms with E-state index in [0.717, 1.165) is 0 Å². The number of benzene rings is 1. The van der Waals surface area contributed by atoms with Crippen molar-refractivity contribution in [1.29, 1.82) is 0 Å². The molecule has 0 amide bonds. The van der Waals surface area contributed by atoms with Crippen LogP contribution in [0.25, 0.3) is 5.83 Å². The fraction of sp³-hybridized carbons (Fsp3) is 0.520. The van der Waals surface area contributed by atoms with Gasteiger partial charge in [-0.25, -0.2) is 9.18 Å². The van der Waals surface area contributed by atoms with Crippen LogP contribution in [0.4, 0.5) is 8.78 Å². The Morgan fingerprint density at radius 1 is 0.800 bits per heavy atom. The van der Waals surface area contributed by atoms with E-state index >= 15 is 0 Å². The van der Waals surface area contributed by atoms with Crippen molar-refractivity contribution in [3.8, 4) is 0 Å². The van der Waals surface area contributed by atoms with Crippen LogP contribution in [0.15, 0.2) is 36.2 Å². The first-order chi connectivity index (χ1) is 16.3. The van der Waals surface area contributed by atoms with Gasteiger partial charge in [-0.05, 0) is 33.6 Å². The summed E-state index contributed by atoms with van der Waals surface area (Å²) in [6.07, 6.45) is 0.452. The van der Waals surface area contributed by atoms with Crippen LogP contribution in [-0.4, -0.2) is 50.3 Å². The number of hydrogen-bond acceptors (Lipinski definition) is 8. The van der Waals surface area contributed by atoms with E-state index in [0.29, 0.717) is 6.42 Å². The topological polar surface area (TPSA) is 105 Å². The highest BCUT2D eigenvalue weighted by Crippen LogP contribution is 2.38.